The molecule has 0 aliphatic carbocycles. The van der Waals surface area contributed by atoms with Gasteiger partial charge in [-0.1, -0.05) is 48.5 Å². The van der Waals surface area contributed by atoms with Crippen molar-refractivity contribution in [3.8, 4) is 11.1 Å². The summed E-state index contributed by atoms with van der Waals surface area (Å²) in [6, 6.07) is 19.5. The molecule has 0 heterocycles. The molecule has 3 rings (SSSR count). The third-order valence-electron chi connectivity index (χ3n) is 4.82. The number of esters is 1. The molecule has 0 spiro atoms. The SMILES string of the molecule is Cc1ccc(N)c(N)c1Cc1ccc(-c2ccccc2C(=O)OC(C)(C)C)cc1. The lowest BCUT2D eigenvalue weighted by Crippen LogP contribution is -2.24. The Bertz CT molecular complexity index is 1030. The first-order valence-corrected chi connectivity index (χ1v) is 9.71. The highest BCUT2D eigenvalue weighted by molar-refractivity contribution is 5.97. The summed E-state index contributed by atoms with van der Waals surface area (Å²) in [5, 5.41) is 0. The van der Waals surface area contributed by atoms with Gasteiger partial charge in [0.15, 0.2) is 0 Å². The first-order chi connectivity index (χ1) is 13.7. The van der Waals surface area contributed by atoms with Crippen molar-refractivity contribution in [3.05, 3.63) is 82.9 Å². The predicted molar refractivity (Wildman–Crippen MR) is 120 cm³/mol. The molecule has 0 aromatic heterocycles. The highest BCUT2D eigenvalue weighted by atomic mass is 16.6. The van der Waals surface area contributed by atoms with Crippen LogP contribution in [0.1, 0.15) is 47.8 Å². The van der Waals surface area contributed by atoms with Gasteiger partial charge in [0.05, 0.1) is 16.9 Å². The van der Waals surface area contributed by atoms with Crippen molar-refractivity contribution in [2.75, 3.05) is 11.5 Å². The van der Waals surface area contributed by atoms with Gasteiger partial charge in [0.1, 0.15) is 5.60 Å². The largest absolute Gasteiger partial charge is 0.456 e. The van der Waals surface area contributed by atoms with Crippen molar-refractivity contribution in [3.63, 3.8) is 0 Å². The number of benzene rings is 3. The van der Waals surface area contributed by atoms with Crippen molar-refractivity contribution in [2.45, 2.75) is 39.7 Å². The quantitative estimate of drug-likeness (QED) is 0.465. The second kappa shape index (κ2) is 8.00. The molecule has 0 saturated heterocycles. The van der Waals surface area contributed by atoms with E-state index in [4.69, 9.17) is 16.2 Å². The minimum atomic E-state index is -0.538. The van der Waals surface area contributed by atoms with Crippen LogP contribution >= 0.6 is 0 Å². The Morgan fingerprint density at radius 2 is 1.59 bits per heavy atom. The van der Waals surface area contributed by atoms with Gasteiger partial charge in [-0.3, -0.25) is 0 Å². The zero-order valence-electron chi connectivity index (χ0n) is 17.5. The lowest BCUT2D eigenvalue weighted by molar-refractivity contribution is 0.00704. The molecule has 0 saturated carbocycles. The average molecular weight is 389 g/mol. The van der Waals surface area contributed by atoms with Gasteiger partial charge >= 0.3 is 5.97 Å². The van der Waals surface area contributed by atoms with E-state index in [0.29, 0.717) is 23.4 Å². The van der Waals surface area contributed by atoms with Gasteiger partial charge in [0.25, 0.3) is 0 Å². The zero-order valence-corrected chi connectivity index (χ0v) is 17.5. The first kappa shape index (κ1) is 20.5. The Hall–Kier alpha value is -3.27. The van der Waals surface area contributed by atoms with Gasteiger partial charge in [-0.05, 0) is 74.1 Å². The van der Waals surface area contributed by atoms with E-state index in [1.54, 1.807) is 6.07 Å². The molecule has 29 heavy (non-hydrogen) atoms. The summed E-state index contributed by atoms with van der Waals surface area (Å²) in [7, 11) is 0. The van der Waals surface area contributed by atoms with E-state index < -0.39 is 5.60 Å². The maximum Gasteiger partial charge on any atom is 0.339 e. The minimum Gasteiger partial charge on any atom is -0.456 e. The van der Waals surface area contributed by atoms with Crippen molar-refractivity contribution in [2.24, 2.45) is 0 Å². The molecule has 4 heteroatoms. The molecule has 3 aromatic carbocycles. The lowest BCUT2D eigenvalue weighted by atomic mass is 9.95. The summed E-state index contributed by atoms with van der Waals surface area (Å²) >= 11 is 0. The Kier molecular flexibility index (Phi) is 5.64. The topological polar surface area (TPSA) is 78.3 Å². The smallest absolute Gasteiger partial charge is 0.339 e. The van der Waals surface area contributed by atoms with E-state index >= 15 is 0 Å². The molecule has 4 nitrogen and oxygen atoms in total. The molecule has 0 amide bonds. The van der Waals surface area contributed by atoms with Crippen LogP contribution in [0.3, 0.4) is 0 Å². The molecule has 0 bridgehead atoms. The fraction of sp³-hybridized carbons (Fsp3) is 0.240. The van der Waals surface area contributed by atoms with Crippen LogP contribution in [0.4, 0.5) is 11.4 Å². The highest BCUT2D eigenvalue weighted by Crippen LogP contribution is 2.29. The molecule has 0 aliphatic rings. The van der Waals surface area contributed by atoms with Crippen LogP contribution in [0.15, 0.2) is 60.7 Å². The Morgan fingerprint density at radius 1 is 0.931 bits per heavy atom. The number of carbonyl (C=O) groups excluding carboxylic acids is 1. The molecule has 0 radical (unpaired) electrons. The Morgan fingerprint density at radius 3 is 2.24 bits per heavy atom. The number of carbonyl (C=O) groups is 1. The Labute approximate surface area is 172 Å². The van der Waals surface area contributed by atoms with E-state index in [1.165, 1.54) is 0 Å². The van der Waals surface area contributed by atoms with Crippen LogP contribution in [-0.4, -0.2) is 11.6 Å². The molecular weight excluding hydrogens is 360 g/mol. The molecule has 0 fully saturated rings. The van der Waals surface area contributed by atoms with E-state index in [-0.39, 0.29) is 5.97 Å². The standard InChI is InChI=1S/C25H28N2O2/c1-16-9-14-22(26)23(27)21(16)15-17-10-12-18(13-11-17)19-7-5-6-8-20(19)24(28)29-25(2,3)4/h5-14H,15,26-27H2,1-4H3. The summed E-state index contributed by atoms with van der Waals surface area (Å²) in [6.07, 6.45) is 0.705. The van der Waals surface area contributed by atoms with E-state index in [9.17, 15) is 4.79 Å². The van der Waals surface area contributed by atoms with Gasteiger partial charge < -0.3 is 16.2 Å². The lowest BCUT2D eigenvalue weighted by Gasteiger charge is -2.20. The van der Waals surface area contributed by atoms with Gasteiger partial charge in [-0.2, -0.15) is 0 Å². The van der Waals surface area contributed by atoms with Gasteiger partial charge in [0.2, 0.25) is 0 Å². The van der Waals surface area contributed by atoms with E-state index in [2.05, 4.69) is 12.1 Å². The molecule has 4 N–H and O–H groups in total. The molecule has 0 unspecified atom stereocenters. The summed E-state index contributed by atoms with van der Waals surface area (Å²) < 4.78 is 5.56. The second-order valence-electron chi connectivity index (χ2n) is 8.29. The van der Waals surface area contributed by atoms with Gasteiger partial charge in [0, 0.05) is 0 Å². The van der Waals surface area contributed by atoms with Crippen molar-refractivity contribution in [1.82, 2.24) is 0 Å². The number of nitrogens with two attached hydrogens (primary N) is 2. The summed E-state index contributed by atoms with van der Waals surface area (Å²) in [5.41, 5.74) is 18.5. The van der Waals surface area contributed by atoms with Crippen LogP contribution in [0.25, 0.3) is 11.1 Å². The van der Waals surface area contributed by atoms with E-state index in [0.717, 1.165) is 27.8 Å². The number of hydrogen-bond donors (Lipinski definition) is 2. The maximum absolute atomic E-state index is 12.6. The molecule has 0 aliphatic heterocycles. The fourth-order valence-electron chi connectivity index (χ4n) is 3.28. The zero-order chi connectivity index (χ0) is 21.2. The molecular formula is C25H28N2O2. The van der Waals surface area contributed by atoms with Crippen LogP contribution in [0.5, 0.6) is 0 Å². The summed E-state index contributed by atoms with van der Waals surface area (Å²) in [5.74, 6) is -0.319. The fourth-order valence-corrected chi connectivity index (χ4v) is 3.28. The maximum atomic E-state index is 12.6. The first-order valence-electron chi connectivity index (χ1n) is 9.71. The van der Waals surface area contributed by atoms with Crippen molar-refractivity contribution in [1.29, 1.82) is 0 Å². The molecule has 150 valence electrons. The molecule has 0 atom stereocenters. The normalized spacial score (nSPS) is 11.3. The van der Waals surface area contributed by atoms with Gasteiger partial charge in [-0.15, -0.1) is 0 Å². The number of anilines is 2. The number of rotatable bonds is 4. The summed E-state index contributed by atoms with van der Waals surface area (Å²) in [4.78, 5) is 12.6. The van der Waals surface area contributed by atoms with Crippen molar-refractivity contribution < 1.29 is 9.53 Å². The number of aryl methyl sites for hydroxylation is 1. The van der Waals surface area contributed by atoms with E-state index in [1.807, 2.05) is 70.2 Å². The third-order valence-corrected chi connectivity index (χ3v) is 4.82. The van der Waals surface area contributed by atoms with Crippen molar-refractivity contribution >= 4 is 17.3 Å². The molecule has 3 aromatic rings. The predicted octanol–water partition coefficient (Wildman–Crippen LogP) is 5.37. The highest BCUT2D eigenvalue weighted by Gasteiger charge is 2.20. The summed E-state index contributed by atoms with van der Waals surface area (Å²) in [6.45, 7) is 7.64. The van der Waals surface area contributed by atoms with Crippen LogP contribution in [-0.2, 0) is 11.2 Å². The number of ether oxygens (including phenoxy) is 1. The third kappa shape index (κ3) is 4.77. The number of nitrogen functional groups attached to an aromatic ring is 2. The number of hydrogen-bond acceptors (Lipinski definition) is 4. The van der Waals surface area contributed by atoms with Crippen LogP contribution in [0.2, 0.25) is 0 Å². The van der Waals surface area contributed by atoms with Gasteiger partial charge in [-0.25, -0.2) is 4.79 Å². The minimum absolute atomic E-state index is 0.319. The monoisotopic (exact) mass is 388 g/mol. The van der Waals surface area contributed by atoms with Crippen LogP contribution < -0.4 is 11.5 Å². The van der Waals surface area contributed by atoms with Crippen LogP contribution in [0, 0.1) is 6.92 Å². The average Bonchev–Trinajstić information content (AvgIpc) is 2.67. The Balaban J connectivity index is 1.89. The second-order valence-corrected chi connectivity index (χ2v) is 8.29.